The zero-order chi connectivity index (χ0) is 14.5. The zero-order valence-electron chi connectivity index (χ0n) is 11.4. The third-order valence-electron chi connectivity index (χ3n) is 2.46. The molecule has 104 valence electrons. The quantitative estimate of drug-likeness (QED) is 0.821. The first-order valence-electron chi connectivity index (χ1n) is 6.01. The van der Waals surface area contributed by atoms with Gasteiger partial charge in [0.05, 0.1) is 6.42 Å². The first-order chi connectivity index (χ1) is 8.78. The topological polar surface area (TPSA) is 75.6 Å². The molecule has 0 atom stereocenters. The molecule has 0 aliphatic rings. The zero-order valence-corrected chi connectivity index (χ0v) is 11.4. The molecule has 0 unspecified atom stereocenters. The van der Waals surface area contributed by atoms with E-state index in [1.54, 1.807) is 26.0 Å². The van der Waals surface area contributed by atoms with E-state index in [9.17, 15) is 9.59 Å². The highest BCUT2D eigenvalue weighted by molar-refractivity contribution is 5.79. The van der Waals surface area contributed by atoms with E-state index in [-0.39, 0.29) is 18.9 Å². The third kappa shape index (κ3) is 5.90. The minimum absolute atomic E-state index is 0.133. The fourth-order valence-corrected chi connectivity index (χ4v) is 1.62. The number of amides is 1. The van der Waals surface area contributed by atoms with Crippen LogP contribution in [0.25, 0.3) is 0 Å². The fraction of sp³-hybridized carbons (Fsp3) is 0.429. The number of carboxylic acids is 1. The second-order valence-electron chi connectivity index (χ2n) is 5.10. The number of carbonyl (C=O) groups excluding carboxylic acids is 1. The molecule has 19 heavy (non-hydrogen) atoms. The molecular weight excluding hydrogens is 246 g/mol. The van der Waals surface area contributed by atoms with Crippen LogP contribution >= 0.6 is 0 Å². The summed E-state index contributed by atoms with van der Waals surface area (Å²) in [7, 11) is 0. The fourth-order valence-electron chi connectivity index (χ4n) is 1.62. The minimum Gasteiger partial charge on any atom is -0.484 e. The molecule has 0 spiro atoms. The molecule has 0 fully saturated rings. The maximum absolute atomic E-state index is 11.7. The van der Waals surface area contributed by atoms with Crippen LogP contribution in [-0.2, 0) is 9.59 Å². The lowest BCUT2D eigenvalue weighted by molar-refractivity contribution is -0.138. The standard InChI is InChI=1S/C14H19NO4/c1-10-4-6-11(7-5-10)19-9-12(16)15-14(2,3)8-13(17)18/h4-7H,8-9H2,1-3H3,(H,15,16)(H,17,18). The average Bonchev–Trinajstić information content (AvgIpc) is 2.25. The van der Waals surface area contributed by atoms with E-state index >= 15 is 0 Å². The van der Waals surface area contributed by atoms with Crippen molar-refractivity contribution in [3.05, 3.63) is 29.8 Å². The van der Waals surface area contributed by atoms with Crippen LogP contribution in [0.2, 0.25) is 0 Å². The molecule has 0 aliphatic carbocycles. The molecule has 2 N–H and O–H groups in total. The van der Waals surface area contributed by atoms with Gasteiger partial charge in [-0.1, -0.05) is 17.7 Å². The van der Waals surface area contributed by atoms with E-state index < -0.39 is 11.5 Å². The van der Waals surface area contributed by atoms with Crippen molar-refractivity contribution in [3.63, 3.8) is 0 Å². The van der Waals surface area contributed by atoms with E-state index in [2.05, 4.69) is 5.32 Å². The number of hydrogen-bond acceptors (Lipinski definition) is 3. The summed E-state index contributed by atoms with van der Waals surface area (Å²) in [5.41, 5.74) is 0.318. The third-order valence-corrected chi connectivity index (χ3v) is 2.46. The highest BCUT2D eigenvalue weighted by Crippen LogP contribution is 2.12. The van der Waals surface area contributed by atoms with Crippen LogP contribution in [0.15, 0.2) is 24.3 Å². The van der Waals surface area contributed by atoms with Gasteiger partial charge in [-0.05, 0) is 32.9 Å². The maximum Gasteiger partial charge on any atom is 0.305 e. The van der Waals surface area contributed by atoms with Gasteiger partial charge in [0, 0.05) is 5.54 Å². The summed E-state index contributed by atoms with van der Waals surface area (Å²) in [6.45, 7) is 5.15. The normalized spacial score (nSPS) is 10.9. The Labute approximate surface area is 112 Å². The van der Waals surface area contributed by atoms with Crippen molar-refractivity contribution in [2.24, 2.45) is 0 Å². The number of hydrogen-bond donors (Lipinski definition) is 2. The van der Waals surface area contributed by atoms with Gasteiger partial charge in [-0.2, -0.15) is 0 Å². The number of benzene rings is 1. The van der Waals surface area contributed by atoms with E-state index in [4.69, 9.17) is 9.84 Å². The Kier molecular flexibility index (Phi) is 4.92. The first-order valence-corrected chi connectivity index (χ1v) is 6.01. The number of rotatable bonds is 6. The molecule has 1 aromatic carbocycles. The van der Waals surface area contributed by atoms with Gasteiger partial charge in [-0.3, -0.25) is 9.59 Å². The van der Waals surface area contributed by atoms with Crippen molar-refractivity contribution in [2.75, 3.05) is 6.61 Å². The van der Waals surface area contributed by atoms with Crippen LogP contribution < -0.4 is 10.1 Å². The smallest absolute Gasteiger partial charge is 0.305 e. The molecule has 0 bridgehead atoms. The van der Waals surface area contributed by atoms with Gasteiger partial charge in [0.25, 0.3) is 5.91 Å². The molecule has 5 heteroatoms. The van der Waals surface area contributed by atoms with Crippen molar-refractivity contribution in [1.29, 1.82) is 0 Å². The van der Waals surface area contributed by atoms with Crippen LogP contribution in [0.1, 0.15) is 25.8 Å². The van der Waals surface area contributed by atoms with Crippen molar-refractivity contribution in [3.8, 4) is 5.75 Å². The average molecular weight is 265 g/mol. The largest absolute Gasteiger partial charge is 0.484 e. The molecule has 0 radical (unpaired) electrons. The Morgan fingerprint density at radius 1 is 1.26 bits per heavy atom. The summed E-state index contributed by atoms with van der Waals surface area (Å²) in [5, 5.41) is 11.3. The summed E-state index contributed by atoms with van der Waals surface area (Å²) < 4.78 is 5.31. The molecule has 0 saturated carbocycles. The summed E-state index contributed by atoms with van der Waals surface area (Å²) in [5.74, 6) is -0.687. The lowest BCUT2D eigenvalue weighted by Crippen LogP contribution is -2.46. The lowest BCUT2D eigenvalue weighted by Gasteiger charge is -2.24. The number of ether oxygens (including phenoxy) is 1. The van der Waals surface area contributed by atoms with Gasteiger partial charge in [-0.15, -0.1) is 0 Å². The van der Waals surface area contributed by atoms with Gasteiger partial charge in [-0.25, -0.2) is 0 Å². The number of aryl methyl sites for hydroxylation is 1. The predicted octanol–water partition coefficient (Wildman–Crippen LogP) is 1.74. The van der Waals surface area contributed by atoms with E-state index in [1.165, 1.54) is 0 Å². The molecule has 1 rings (SSSR count). The molecular formula is C14H19NO4. The van der Waals surface area contributed by atoms with Crippen molar-refractivity contribution < 1.29 is 19.4 Å². The Bertz CT molecular complexity index is 451. The summed E-state index contributed by atoms with van der Waals surface area (Å²) in [6, 6.07) is 7.35. The Morgan fingerprint density at radius 2 is 1.84 bits per heavy atom. The molecule has 1 amide bonds. The second kappa shape index (κ2) is 6.22. The predicted molar refractivity (Wildman–Crippen MR) is 71.1 cm³/mol. The SMILES string of the molecule is Cc1ccc(OCC(=O)NC(C)(C)CC(=O)O)cc1. The summed E-state index contributed by atoms with van der Waals surface area (Å²) >= 11 is 0. The minimum atomic E-state index is -0.954. The lowest BCUT2D eigenvalue weighted by atomic mass is 10.0. The summed E-state index contributed by atoms with van der Waals surface area (Å²) in [6.07, 6.45) is -0.136. The van der Waals surface area contributed by atoms with Gasteiger partial charge in [0.15, 0.2) is 6.61 Å². The molecule has 5 nitrogen and oxygen atoms in total. The van der Waals surface area contributed by atoms with Crippen molar-refractivity contribution >= 4 is 11.9 Å². The number of aliphatic carboxylic acids is 1. The van der Waals surface area contributed by atoms with Crippen LogP contribution in [0.4, 0.5) is 0 Å². The van der Waals surface area contributed by atoms with Gasteiger partial charge >= 0.3 is 5.97 Å². The highest BCUT2D eigenvalue weighted by Gasteiger charge is 2.23. The molecule has 1 aromatic rings. The monoisotopic (exact) mass is 265 g/mol. The highest BCUT2D eigenvalue weighted by atomic mass is 16.5. The van der Waals surface area contributed by atoms with Gasteiger partial charge < -0.3 is 15.2 Å². The molecule has 0 aliphatic heterocycles. The van der Waals surface area contributed by atoms with Gasteiger partial charge in [0.1, 0.15) is 5.75 Å². The van der Waals surface area contributed by atoms with E-state index in [0.29, 0.717) is 5.75 Å². The molecule has 0 heterocycles. The van der Waals surface area contributed by atoms with E-state index in [0.717, 1.165) is 5.56 Å². The van der Waals surface area contributed by atoms with E-state index in [1.807, 2.05) is 19.1 Å². The van der Waals surface area contributed by atoms with Gasteiger partial charge in [0.2, 0.25) is 0 Å². The first kappa shape index (κ1) is 15.0. The van der Waals surface area contributed by atoms with Crippen LogP contribution in [0, 0.1) is 6.92 Å². The Balaban J connectivity index is 2.43. The summed E-state index contributed by atoms with van der Waals surface area (Å²) in [4.78, 5) is 22.3. The molecule has 0 saturated heterocycles. The molecule has 0 aromatic heterocycles. The Hall–Kier alpha value is -2.04. The Morgan fingerprint density at radius 3 is 2.37 bits per heavy atom. The number of carboxylic acid groups (broad SMARTS) is 1. The van der Waals surface area contributed by atoms with Crippen molar-refractivity contribution in [2.45, 2.75) is 32.7 Å². The van der Waals surface area contributed by atoms with Crippen LogP contribution in [0.5, 0.6) is 5.75 Å². The van der Waals surface area contributed by atoms with Crippen LogP contribution in [0.3, 0.4) is 0 Å². The van der Waals surface area contributed by atoms with Crippen molar-refractivity contribution in [1.82, 2.24) is 5.32 Å². The second-order valence-corrected chi connectivity index (χ2v) is 5.10. The van der Waals surface area contributed by atoms with Crippen LogP contribution in [-0.4, -0.2) is 29.1 Å². The maximum atomic E-state index is 11.7. The number of carbonyl (C=O) groups is 2. The number of nitrogens with one attached hydrogen (secondary N) is 1.